The van der Waals surface area contributed by atoms with E-state index in [0.29, 0.717) is 0 Å². The standard InChI is InChI=1S/C10H10FNO3/c1-6(10(14)15)12-9(13)7-2-4-8(11)5-3-7/h2-6H,1H3,(H,12,13)(H,14,15)/p-1. The number of amides is 1. The van der Waals surface area contributed by atoms with E-state index < -0.39 is 23.7 Å². The molecule has 0 aromatic heterocycles. The minimum Gasteiger partial charge on any atom is -0.548 e. The molecular weight excluding hydrogens is 201 g/mol. The molecule has 0 bridgehead atoms. The number of benzene rings is 1. The lowest BCUT2D eigenvalue weighted by atomic mass is 10.2. The molecule has 0 fully saturated rings. The Labute approximate surface area is 85.7 Å². The summed E-state index contributed by atoms with van der Waals surface area (Å²) in [6.07, 6.45) is 0. The van der Waals surface area contributed by atoms with Crippen molar-refractivity contribution >= 4 is 11.9 Å². The molecule has 5 heteroatoms. The highest BCUT2D eigenvalue weighted by Gasteiger charge is 2.09. The van der Waals surface area contributed by atoms with Crippen LogP contribution in [-0.4, -0.2) is 17.9 Å². The number of carbonyl (C=O) groups is 2. The van der Waals surface area contributed by atoms with Crippen LogP contribution in [0.25, 0.3) is 0 Å². The molecule has 0 saturated carbocycles. The van der Waals surface area contributed by atoms with E-state index in [1.807, 2.05) is 0 Å². The van der Waals surface area contributed by atoms with Gasteiger partial charge < -0.3 is 15.2 Å². The Morgan fingerprint density at radius 3 is 2.33 bits per heavy atom. The number of carboxylic acid groups (broad SMARTS) is 1. The van der Waals surface area contributed by atoms with Crippen LogP contribution in [-0.2, 0) is 4.79 Å². The highest BCUT2D eigenvalue weighted by molar-refractivity contribution is 5.96. The van der Waals surface area contributed by atoms with E-state index in [1.54, 1.807) is 0 Å². The molecule has 1 aromatic rings. The van der Waals surface area contributed by atoms with Crippen LogP contribution >= 0.6 is 0 Å². The number of nitrogens with one attached hydrogen (secondary N) is 1. The number of halogens is 1. The van der Waals surface area contributed by atoms with Crippen molar-refractivity contribution in [3.05, 3.63) is 35.6 Å². The summed E-state index contributed by atoms with van der Waals surface area (Å²) in [5.74, 6) is -2.41. The molecule has 0 aliphatic rings. The van der Waals surface area contributed by atoms with Gasteiger partial charge in [-0.1, -0.05) is 0 Å². The molecule has 0 aliphatic carbocycles. The molecule has 0 radical (unpaired) electrons. The Hall–Kier alpha value is -1.91. The van der Waals surface area contributed by atoms with Crippen molar-refractivity contribution in [2.45, 2.75) is 13.0 Å². The van der Waals surface area contributed by atoms with Crippen molar-refractivity contribution in [2.24, 2.45) is 0 Å². The second kappa shape index (κ2) is 4.54. The van der Waals surface area contributed by atoms with Crippen LogP contribution in [0.4, 0.5) is 4.39 Å². The van der Waals surface area contributed by atoms with Gasteiger partial charge >= 0.3 is 0 Å². The fourth-order valence-electron chi connectivity index (χ4n) is 0.940. The molecular formula is C10H9FNO3-. The first-order valence-corrected chi connectivity index (χ1v) is 4.28. The van der Waals surface area contributed by atoms with Crippen LogP contribution in [0.5, 0.6) is 0 Å². The predicted octanol–water partition coefficient (Wildman–Crippen LogP) is -0.306. The van der Waals surface area contributed by atoms with Gasteiger partial charge in [-0.2, -0.15) is 0 Å². The number of aliphatic carboxylic acids is 1. The van der Waals surface area contributed by atoms with Crippen LogP contribution in [0.15, 0.2) is 24.3 Å². The number of rotatable bonds is 3. The summed E-state index contributed by atoms with van der Waals surface area (Å²) < 4.78 is 12.5. The minimum atomic E-state index is -1.37. The van der Waals surface area contributed by atoms with Crippen molar-refractivity contribution < 1.29 is 19.1 Å². The predicted molar refractivity (Wildman–Crippen MR) is 48.3 cm³/mol. The summed E-state index contributed by atoms with van der Waals surface area (Å²) in [7, 11) is 0. The van der Waals surface area contributed by atoms with Crippen LogP contribution in [0, 0.1) is 5.82 Å². The van der Waals surface area contributed by atoms with Crippen molar-refractivity contribution in [1.29, 1.82) is 0 Å². The Kier molecular flexibility index (Phi) is 3.38. The second-order valence-electron chi connectivity index (χ2n) is 3.02. The van der Waals surface area contributed by atoms with Crippen LogP contribution in [0.1, 0.15) is 17.3 Å². The molecule has 15 heavy (non-hydrogen) atoms. The largest absolute Gasteiger partial charge is 0.548 e. The molecule has 0 spiro atoms. The van der Waals surface area contributed by atoms with Crippen LogP contribution < -0.4 is 10.4 Å². The second-order valence-corrected chi connectivity index (χ2v) is 3.02. The fourth-order valence-corrected chi connectivity index (χ4v) is 0.940. The molecule has 1 N–H and O–H groups in total. The van der Waals surface area contributed by atoms with Gasteiger partial charge in [0.25, 0.3) is 5.91 Å². The van der Waals surface area contributed by atoms with E-state index >= 15 is 0 Å². The molecule has 4 nitrogen and oxygen atoms in total. The van der Waals surface area contributed by atoms with E-state index in [1.165, 1.54) is 19.1 Å². The van der Waals surface area contributed by atoms with Gasteiger partial charge in [0.2, 0.25) is 0 Å². The van der Waals surface area contributed by atoms with Gasteiger partial charge in [0.1, 0.15) is 5.82 Å². The fraction of sp³-hybridized carbons (Fsp3) is 0.200. The molecule has 80 valence electrons. The Morgan fingerprint density at radius 2 is 1.87 bits per heavy atom. The van der Waals surface area contributed by atoms with Crippen molar-refractivity contribution in [3.8, 4) is 0 Å². The van der Waals surface area contributed by atoms with E-state index in [2.05, 4.69) is 5.32 Å². The normalized spacial score (nSPS) is 11.9. The zero-order chi connectivity index (χ0) is 11.4. The SMILES string of the molecule is CC(NC(=O)c1ccc(F)cc1)C(=O)[O-]. The van der Waals surface area contributed by atoms with Crippen LogP contribution in [0.2, 0.25) is 0 Å². The Morgan fingerprint density at radius 1 is 1.33 bits per heavy atom. The van der Waals surface area contributed by atoms with E-state index in [0.717, 1.165) is 12.1 Å². The quantitative estimate of drug-likeness (QED) is 0.744. The maximum atomic E-state index is 12.5. The first-order chi connectivity index (χ1) is 7.00. The monoisotopic (exact) mass is 210 g/mol. The number of hydrogen-bond donors (Lipinski definition) is 1. The van der Waals surface area contributed by atoms with E-state index in [-0.39, 0.29) is 5.56 Å². The third kappa shape index (κ3) is 3.05. The number of hydrogen-bond acceptors (Lipinski definition) is 3. The molecule has 0 heterocycles. The lowest BCUT2D eigenvalue weighted by molar-refractivity contribution is -0.307. The third-order valence-electron chi connectivity index (χ3n) is 1.81. The summed E-state index contributed by atoms with van der Waals surface area (Å²) in [6, 6.07) is 3.71. The van der Waals surface area contributed by atoms with Gasteiger partial charge in [-0.25, -0.2) is 4.39 Å². The molecule has 1 aromatic carbocycles. The summed E-state index contributed by atoms with van der Waals surface area (Å²) in [6.45, 7) is 1.29. The lowest BCUT2D eigenvalue weighted by Gasteiger charge is -2.14. The van der Waals surface area contributed by atoms with Gasteiger partial charge in [0.15, 0.2) is 0 Å². The first-order valence-electron chi connectivity index (χ1n) is 4.28. The molecule has 1 atom stereocenters. The Balaban J connectivity index is 2.69. The Bertz CT molecular complexity index is 375. The van der Waals surface area contributed by atoms with Crippen molar-refractivity contribution in [2.75, 3.05) is 0 Å². The highest BCUT2D eigenvalue weighted by atomic mass is 19.1. The maximum Gasteiger partial charge on any atom is 0.251 e. The number of carboxylic acids is 1. The van der Waals surface area contributed by atoms with Gasteiger partial charge in [0.05, 0.1) is 12.0 Å². The third-order valence-corrected chi connectivity index (χ3v) is 1.81. The summed E-state index contributed by atoms with van der Waals surface area (Å²) >= 11 is 0. The van der Waals surface area contributed by atoms with Gasteiger partial charge in [-0.15, -0.1) is 0 Å². The molecule has 1 rings (SSSR count). The molecule has 1 amide bonds. The average molecular weight is 210 g/mol. The average Bonchev–Trinajstić information content (AvgIpc) is 2.18. The molecule has 0 saturated heterocycles. The molecule has 1 unspecified atom stereocenters. The highest BCUT2D eigenvalue weighted by Crippen LogP contribution is 2.02. The zero-order valence-electron chi connectivity index (χ0n) is 7.99. The first kappa shape index (κ1) is 11.2. The smallest absolute Gasteiger partial charge is 0.251 e. The minimum absolute atomic E-state index is 0.199. The van der Waals surface area contributed by atoms with Crippen molar-refractivity contribution in [3.63, 3.8) is 0 Å². The van der Waals surface area contributed by atoms with E-state index in [4.69, 9.17) is 0 Å². The van der Waals surface area contributed by atoms with Crippen LogP contribution in [0.3, 0.4) is 0 Å². The summed E-state index contributed by atoms with van der Waals surface area (Å²) in [5, 5.41) is 12.5. The lowest BCUT2D eigenvalue weighted by Crippen LogP contribution is -2.45. The number of carbonyl (C=O) groups excluding carboxylic acids is 2. The van der Waals surface area contributed by atoms with Crippen molar-refractivity contribution in [1.82, 2.24) is 5.32 Å². The molecule has 0 aliphatic heterocycles. The zero-order valence-corrected chi connectivity index (χ0v) is 7.99. The van der Waals surface area contributed by atoms with E-state index in [9.17, 15) is 19.1 Å². The maximum absolute atomic E-state index is 12.5. The summed E-state index contributed by atoms with van der Waals surface area (Å²) in [4.78, 5) is 21.7. The summed E-state index contributed by atoms with van der Waals surface area (Å²) in [5.41, 5.74) is 0.199. The van der Waals surface area contributed by atoms with Gasteiger partial charge in [0, 0.05) is 5.56 Å². The van der Waals surface area contributed by atoms with Gasteiger partial charge in [-0.3, -0.25) is 4.79 Å². The topological polar surface area (TPSA) is 69.2 Å². The van der Waals surface area contributed by atoms with Gasteiger partial charge in [-0.05, 0) is 31.2 Å².